The summed E-state index contributed by atoms with van der Waals surface area (Å²) >= 11 is 5.94. The molecule has 0 aliphatic carbocycles. The molecule has 0 atom stereocenters. The number of carbonyl (C=O) groups excluding carboxylic acids is 1. The van der Waals surface area contributed by atoms with Crippen molar-refractivity contribution in [3.63, 3.8) is 0 Å². The van der Waals surface area contributed by atoms with Crippen molar-refractivity contribution in [2.24, 2.45) is 0 Å². The summed E-state index contributed by atoms with van der Waals surface area (Å²) in [6, 6.07) is 9.68. The van der Waals surface area contributed by atoms with E-state index in [-0.39, 0.29) is 11.5 Å². The number of aliphatic carboxylic acids is 1. The van der Waals surface area contributed by atoms with E-state index in [9.17, 15) is 9.59 Å². The maximum absolute atomic E-state index is 11.8. The fraction of sp³-hybridized carbons (Fsp3) is 0. The second-order valence-electron chi connectivity index (χ2n) is 3.82. The molecular formula is C14H10ClNO4. The predicted octanol–water partition coefficient (Wildman–Crippen LogP) is 2.79. The molecule has 2 aromatic rings. The minimum atomic E-state index is -1.27. The van der Waals surface area contributed by atoms with Crippen LogP contribution in [0.15, 0.2) is 52.8 Å². The van der Waals surface area contributed by atoms with Crippen molar-refractivity contribution in [2.75, 3.05) is 0 Å². The number of furan rings is 1. The largest absolute Gasteiger partial charge is 0.477 e. The monoisotopic (exact) mass is 291 g/mol. The minimum absolute atomic E-state index is 0.0244. The van der Waals surface area contributed by atoms with Gasteiger partial charge in [-0.15, -0.1) is 0 Å². The van der Waals surface area contributed by atoms with Crippen LogP contribution >= 0.6 is 11.6 Å². The van der Waals surface area contributed by atoms with E-state index >= 15 is 0 Å². The van der Waals surface area contributed by atoms with Crippen molar-refractivity contribution in [1.29, 1.82) is 0 Å². The summed E-state index contributed by atoms with van der Waals surface area (Å²) in [5.41, 5.74) is 0.200. The van der Waals surface area contributed by atoms with Crippen LogP contribution in [0.3, 0.4) is 0 Å². The number of nitrogens with one attached hydrogen (secondary N) is 1. The first-order valence-corrected chi connectivity index (χ1v) is 6.00. The SMILES string of the molecule is O=C(O)/C(=C/c1ccccc1Cl)NC(=O)c1ccco1. The summed E-state index contributed by atoms with van der Waals surface area (Å²) in [6.07, 6.45) is 2.61. The van der Waals surface area contributed by atoms with Crippen molar-refractivity contribution in [1.82, 2.24) is 5.32 Å². The third-order valence-electron chi connectivity index (χ3n) is 2.43. The van der Waals surface area contributed by atoms with Crippen molar-refractivity contribution < 1.29 is 19.1 Å². The van der Waals surface area contributed by atoms with Gasteiger partial charge in [0.05, 0.1) is 6.26 Å². The molecule has 0 spiro atoms. The van der Waals surface area contributed by atoms with Crippen LogP contribution in [0.25, 0.3) is 6.08 Å². The van der Waals surface area contributed by atoms with Gasteiger partial charge in [0.25, 0.3) is 5.91 Å². The Morgan fingerprint density at radius 3 is 2.55 bits per heavy atom. The molecule has 1 aromatic carbocycles. The fourth-order valence-electron chi connectivity index (χ4n) is 1.49. The Morgan fingerprint density at radius 2 is 1.95 bits per heavy atom. The van der Waals surface area contributed by atoms with Crippen LogP contribution in [0.4, 0.5) is 0 Å². The molecule has 2 N–H and O–H groups in total. The Kier molecular flexibility index (Phi) is 4.22. The summed E-state index contributed by atoms with van der Waals surface area (Å²) in [7, 11) is 0. The molecule has 20 heavy (non-hydrogen) atoms. The zero-order valence-electron chi connectivity index (χ0n) is 10.2. The van der Waals surface area contributed by atoms with Gasteiger partial charge < -0.3 is 14.8 Å². The minimum Gasteiger partial charge on any atom is -0.477 e. The smallest absolute Gasteiger partial charge is 0.352 e. The highest BCUT2D eigenvalue weighted by molar-refractivity contribution is 6.32. The van der Waals surface area contributed by atoms with Crippen molar-refractivity contribution >= 4 is 29.6 Å². The van der Waals surface area contributed by atoms with E-state index in [0.717, 1.165) is 0 Å². The lowest BCUT2D eigenvalue weighted by Crippen LogP contribution is -2.26. The Labute approximate surface area is 119 Å². The summed E-state index contributed by atoms with van der Waals surface area (Å²) in [5.74, 6) is -1.89. The molecule has 0 saturated carbocycles. The fourth-order valence-corrected chi connectivity index (χ4v) is 1.68. The Hall–Kier alpha value is -2.53. The van der Waals surface area contributed by atoms with Crippen LogP contribution in [0, 0.1) is 0 Å². The van der Waals surface area contributed by atoms with Gasteiger partial charge in [0.15, 0.2) is 5.76 Å². The van der Waals surface area contributed by atoms with Gasteiger partial charge in [-0.05, 0) is 29.8 Å². The van der Waals surface area contributed by atoms with Gasteiger partial charge >= 0.3 is 5.97 Å². The maximum Gasteiger partial charge on any atom is 0.352 e. The summed E-state index contributed by atoms with van der Waals surface area (Å²) in [6.45, 7) is 0. The number of hydrogen-bond donors (Lipinski definition) is 2. The van der Waals surface area contributed by atoms with Gasteiger partial charge in [0, 0.05) is 5.02 Å². The highest BCUT2D eigenvalue weighted by Crippen LogP contribution is 2.17. The van der Waals surface area contributed by atoms with E-state index in [1.807, 2.05) is 0 Å². The van der Waals surface area contributed by atoms with Crippen LogP contribution in [0.5, 0.6) is 0 Å². The van der Waals surface area contributed by atoms with Crippen LogP contribution in [0.1, 0.15) is 16.1 Å². The van der Waals surface area contributed by atoms with Gasteiger partial charge in [0.2, 0.25) is 0 Å². The Bertz CT molecular complexity index is 662. The second kappa shape index (κ2) is 6.08. The average molecular weight is 292 g/mol. The number of carboxylic acids is 1. The van der Waals surface area contributed by atoms with E-state index in [1.54, 1.807) is 24.3 Å². The number of rotatable bonds is 4. The number of benzene rings is 1. The molecule has 0 saturated heterocycles. The molecular weight excluding hydrogens is 282 g/mol. The lowest BCUT2D eigenvalue weighted by Gasteiger charge is -2.05. The molecule has 0 aliphatic heterocycles. The van der Waals surface area contributed by atoms with Crippen LogP contribution in [-0.4, -0.2) is 17.0 Å². The first kappa shape index (κ1) is 13.9. The molecule has 102 valence electrons. The second-order valence-corrected chi connectivity index (χ2v) is 4.22. The summed E-state index contributed by atoms with van der Waals surface area (Å²) in [5, 5.41) is 11.8. The highest BCUT2D eigenvalue weighted by Gasteiger charge is 2.15. The van der Waals surface area contributed by atoms with Crippen LogP contribution in [0.2, 0.25) is 5.02 Å². The maximum atomic E-state index is 11.8. The van der Waals surface area contributed by atoms with Gasteiger partial charge in [-0.2, -0.15) is 0 Å². The quantitative estimate of drug-likeness (QED) is 0.849. The van der Waals surface area contributed by atoms with E-state index in [1.165, 1.54) is 24.5 Å². The molecule has 0 aliphatic rings. The van der Waals surface area contributed by atoms with Crippen molar-refractivity contribution in [3.05, 3.63) is 64.7 Å². The molecule has 2 rings (SSSR count). The molecule has 0 fully saturated rings. The summed E-state index contributed by atoms with van der Waals surface area (Å²) < 4.78 is 4.89. The Balaban J connectivity index is 2.26. The van der Waals surface area contributed by atoms with Crippen LogP contribution < -0.4 is 5.32 Å². The van der Waals surface area contributed by atoms with E-state index in [4.69, 9.17) is 21.1 Å². The third kappa shape index (κ3) is 3.27. The van der Waals surface area contributed by atoms with Gasteiger partial charge in [0.1, 0.15) is 5.70 Å². The van der Waals surface area contributed by atoms with Crippen molar-refractivity contribution in [3.8, 4) is 0 Å². The first-order valence-electron chi connectivity index (χ1n) is 5.62. The van der Waals surface area contributed by atoms with E-state index in [0.29, 0.717) is 10.6 Å². The number of carbonyl (C=O) groups is 2. The third-order valence-corrected chi connectivity index (χ3v) is 2.77. The molecule has 0 radical (unpaired) electrons. The number of halogens is 1. The standard InChI is InChI=1S/C14H10ClNO4/c15-10-5-2-1-4-9(10)8-11(14(18)19)16-13(17)12-6-3-7-20-12/h1-8H,(H,16,17)(H,18,19)/b11-8-. The zero-order chi connectivity index (χ0) is 14.5. The topological polar surface area (TPSA) is 79.5 Å². The van der Waals surface area contributed by atoms with Gasteiger partial charge in [-0.3, -0.25) is 4.79 Å². The molecule has 0 bridgehead atoms. The normalized spacial score (nSPS) is 11.2. The molecule has 1 amide bonds. The average Bonchev–Trinajstić information content (AvgIpc) is 2.94. The lowest BCUT2D eigenvalue weighted by molar-refractivity contribution is -0.132. The lowest BCUT2D eigenvalue weighted by atomic mass is 10.2. The van der Waals surface area contributed by atoms with Crippen molar-refractivity contribution in [2.45, 2.75) is 0 Å². The molecule has 5 nitrogen and oxygen atoms in total. The highest BCUT2D eigenvalue weighted by atomic mass is 35.5. The number of carboxylic acid groups (broad SMARTS) is 1. The van der Waals surface area contributed by atoms with Gasteiger partial charge in [-0.25, -0.2) is 4.79 Å². The number of hydrogen-bond acceptors (Lipinski definition) is 3. The predicted molar refractivity (Wildman–Crippen MR) is 73.2 cm³/mol. The zero-order valence-corrected chi connectivity index (χ0v) is 10.9. The molecule has 0 unspecified atom stereocenters. The van der Waals surface area contributed by atoms with Gasteiger partial charge in [-0.1, -0.05) is 29.8 Å². The van der Waals surface area contributed by atoms with Crippen LogP contribution in [-0.2, 0) is 4.79 Å². The number of amides is 1. The molecule has 1 aromatic heterocycles. The molecule has 1 heterocycles. The first-order chi connectivity index (χ1) is 9.58. The summed E-state index contributed by atoms with van der Waals surface area (Å²) in [4.78, 5) is 22.9. The molecule has 6 heteroatoms. The van der Waals surface area contributed by atoms with E-state index in [2.05, 4.69) is 5.32 Å². The Morgan fingerprint density at radius 1 is 1.20 bits per heavy atom. The van der Waals surface area contributed by atoms with E-state index < -0.39 is 11.9 Å².